The first-order chi connectivity index (χ1) is 9.10. The van der Waals surface area contributed by atoms with E-state index in [1.54, 1.807) is 35.3 Å². The number of benzene rings is 1. The van der Waals surface area contributed by atoms with Crippen molar-refractivity contribution in [1.82, 2.24) is 4.90 Å². The Morgan fingerprint density at radius 3 is 2.21 bits per heavy atom. The number of carbonyl (C=O) groups excluding carboxylic acids is 1. The predicted molar refractivity (Wildman–Crippen MR) is 84.2 cm³/mol. The Hall–Kier alpha value is -0.900. The van der Waals surface area contributed by atoms with Crippen molar-refractivity contribution in [2.45, 2.75) is 4.90 Å². The zero-order valence-electron chi connectivity index (χ0n) is 10.4. The van der Waals surface area contributed by atoms with E-state index in [1.165, 1.54) is 11.8 Å². The summed E-state index contributed by atoms with van der Waals surface area (Å²) in [6.45, 7) is 8.27. The van der Waals surface area contributed by atoms with Gasteiger partial charge >= 0.3 is 0 Å². The van der Waals surface area contributed by atoms with E-state index in [0.717, 1.165) is 4.90 Å². The molecule has 0 saturated heterocycles. The molecular weight excluding hydrogens is 301 g/mol. The molecule has 1 aromatic carbocycles. The lowest BCUT2D eigenvalue weighted by molar-refractivity contribution is -0.127. The van der Waals surface area contributed by atoms with Crippen LogP contribution in [-0.4, -0.2) is 29.6 Å². The van der Waals surface area contributed by atoms with E-state index < -0.39 is 0 Å². The minimum Gasteiger partial charge on any atom is -0.335 e. The van der Waals surface area contributed by atoms with Crippen LogP contribution in [0.3, 0.4) is 0 Å². The Labute approximate surface area is 128 Å². The van der Waals surface area contributed by atoms with Gasteiger partial charge in [0.2, 0.25) is 5.91 Å². The molecule has 0 radical (unpaired) electrons. The molecule has 0 aliphatic rings. The fourth-order valence-electron chi connectivity index (χ4n) is 1.44. The zero-order chi connectivity index (χ0) is 14.3. The van der Waals surface area contributed by atoms with Crippen molar-refractivity contribution in [3.63, 3.8) is 0 Å². The maximum atomic E-state index is 12.0. The van der Waals surface area contributed by atoms with Crippen LogP contribution >= 0.6 is 35.0 Å². The summed E-state index contributed by atoms with van der Waals surface area (Å²) in [7, 11) is 0. The van der Waals surface area contributed by atoms with Gasteiger partial charge in [-0.3, -0.25) is 4.79 Å². The molecule has 0 unspecified atom stereocenters. The third kappa shape index (κ3) is 4.94. The number of carbonyl (C=O) groups is 1. The number of thioether (sulfide) groups is 1. The van der Waals surface area contributed by atoms with Gasteiger partial charge < -0.3 is 4.90 Å². The van der Waals surface area contributed by atoms with Crippen molar-refractivity contribution in [3.05, 3.63) is 53.6 Å². The van der Waals surface area contributed by atoms with Crippen molar-refractivity contribution in [1.29, 1.82) is 0 Å². The van der Waals surface area contributed by atoms with Gasteiger partial charge in [0.1, 0.15) is 0 Å². The van der Waals surface area contributed by atoms with Crippen LogP contribution in [-0.2, 0) is 4.79 Å². The van der Waals surface area contributed by atoms with Gasteiger partial charge in [0.05, 0.1) is 15.8 Å². The van der Waals surface area contributed by atoms with E-state index in [-0.39, 0.29) is 11.7 Å². The highest BCUT2D eigenvalue weighted by atomic mass is 35.5. The fourth-order valence-corrected chi connectivity index (χ4v) is 3.02. The lowest BCUT2D eigenvalue weighted by atomic mass is 10.4. The van der Waals surface area contributed by atoms with Crippen LogP contribution < -0.4 is 0 Å². The minimum atomic E-state index is 0.000728. The van der Waals surface area contributed by atoms with Gasteiger partial charge in [0.15, 0.2) is 0 Å². The van der Waals surface area contributed by atoms with Gasteiger partial charge in [-0.1, -0.05) is 41.4 Å². The monoisotopic (exact) mass is 315 g/mol. The van der Waals surface area contributed by atoms with Crippen molar-refractivity contribution < 1.29 is 4.79 Å². The Morgan fingerprint density at radius 2 is 1.74 bits per heavy atom. The van der Waals surface area contributed by atoms with Gasteiger partial charge in [-0.05, 0) is 12.1 Å². The molecule has 19 heavy (non-hydrogen) atoms. The first-order valence-corrected chi connectivity index (χ1v) is 7.40. The number of amides is 1. The molecule has 1 rings (SSSR count). The van der Waals surface area contributed by atoms with E-state index in [9.17, 15) is 4.79 Å². The molecule has 102 valence electrons. The first-order valence-electron chi connectivity index (χ1n) is 5.66. The minimum absolute atomic E-state index is 0.000728. The molecule has 0 aliphatic heterocycles. The highest BCUT2D eigenvalue weighted by Crippen LogP contribution is 2.33. The average molecular weight is 316 g/mol. The molecule has 0 atom stereocenters. The Kier molecular flexibility index (Phi) is 7.06. The van der Waals surface area contributed by atoms with Crippen molar-refractivity contribution >= 4 is 40.9 Å². The molecule has 0 spiro atoms. The van der Waals surface area contributed by atoms with E-state index in [4.69, 9.17) is 23.2 Å². The van der Waals surface area contributed by atoms with Gasteiger partial charge in [0, 0.05) is 18.0 Å². The molecule has 0 aliphatic carbocycles. The second kappa shape index (κ2) is 8.31. The third-order valence-electron chi connectivity index (χ3n) is 2.31. The fraction of sp³-hybridized carbons (Fsp3) is 0.214. The number of halogens is 2. The highest BCUT2D eigenvalue weighted by Gasteiger charge is 2.13. The van der Waals surface area contributed by atoms with E-state index in [2.05, 4.69) is 13.2 Å². The Balaban J connectivity index is 2.67. The van der Waals surface area contributed by atoms with Crippen molar-refractivity contribution in [2.75, 3.05) is 18.8 Å². The number of hydrogen-bond acceptors (Lipinski definition) is 2. The van der Waals surface area contributed by atoms with Gasteiger partial charge in [0.25, 0.3) is 0 Å². The molecule has 0 fully saturated rings. The number of rotatable bonds is 7. The Bertz CT molecular complexity index is 446. The topological polar surface area (TPSA) is 20.3 Å². The predicted octanol–water partition coefficient (Wildman–Crippen LogP) is 4.29. The molecule has 1 amide bonds. The van der Waals surface area contributed by atoms with Crippen LogP contribution in [0.15, 0.2) is 48.4 Å². The van der Waals surface area contributed by atoms with Crippen LogP contribution in [0.4, 0.5) is 0 Å². The SMILES string of the molecule is C=CCN(CC=C)C(=O)CSc1c(Cl)cccc1Cl. The van der Waals surface area contributed by atoms with Gasteiger partial charge in [-0.25, -0.2) is 0 Å². The summed E-state index contributed by atoms with van der Waals surface area (Å²) in [4.78, 5) is 14.4. The first kappa shape index (κ1) is 16.2. The summed E-state index contributed by atoms with van der Waals surface area (Å²) < 4.78 is 0. The van der Waals surface area contributed by atoms with Crippen LogP contribution in [0.5, 0.6) is 0 Å². The summed E-state index contributed by atoms with van der Waals surface area (Å²) in [6, 6.07) is 5.29. The largest absolute Gasteiger partial charge is 0.335 e. The molecule has 0 heterocycles. The normalized spacial score (nSPS) is 10.0. The molecule has 0 saturated carbocycles. The molecule has 0 bridgehead atoms. The quantitative estimate of drug-likeness (QED) is 0.552. The summed E-state index contributed by atoms with van der Waals surface area (Å²) in [6.07, 6.45) is 3.38. The van der Waals surface area contributed by atoms with Crippen LogP contribution in [0.2, 0.25) is 10.0 Å². The molecular formula is C14H15Cl2NOS. The summed E-state index contributed by atoms with van der Waals surface area (Å²) in [5.74, 6) is 0.284. The molecule has 1 aromatic rings. The van der Waals surface area contributed by atoms with E-state index in [0.29, 0.717) is 23.1 Å². The highest BCUT2D eigenvalue weighted by molar-refractivity contribution is 8.00. The molecule has 2 nitrogen and oxygen atoms in total. The maximum Gasteiger partial charge on any atom is 0.233 e. The second-order valence-corrected chi connectivity index (χ2v) is 5.52. The smallest absolute Gasteiger partial charge is 0.233 e. The Morgan fingerprint density at radius 1 is 1.21 bits per heavy atom. The standard InChI is InChI=1S/C14H15Cl2NOS/c1-3-8-17(9-4-2)13(18)10-19-14-11(15)6-5-7-12(14)16/h3-7H,1-2,8-10H2. The summed E-state index contributed by atoms with van der Waals surface area (Å²) >= 11 is 13.4. The maximum absolute atomic E-state index is 12.0. The lowest BCUT2D eigenvalue weighted by Crippen LogP contribution is -2.32. The second-order valence-electron chi connectivity index (χ2n) is 3.72. The van der Waals surface area contributed by atoms with Gasteiger partial charge in [-0.2, -0.15) is 0 Å². The summed E-state index contributed by atoms with van der Waals surface area (Å²) in [5, 5.41) is 1.12. The summed E-state index contributed by atoms with van der Waals surface area (Å²) in [5.41, 5.74) is 0. The number of hydrogen-bond donors (Lipinski definition) is 0. The van der Waals surface area contributed by atoms with Crippen LogP contribution in [0, 0.1) is 0 Å². The van der Waals surface area contributed by atoms with Crippen LogP contribution in [0.1, 0.15) is 0 Å². The van der Waals surface area contributed by atoms with Crippen molar-refractivity contribution in [3.8, 4) is 0 Å². The molecule has 5 heteroatoms. The van der Waals surface area contributed by atoms with Crippen molar-refractivity contribution in [2.24, 2.45) is 0 Å². The molecule has 0 N–H and O–H groups in total. The van der Waals surface area contributed by atoms with E-state index in [1.807, 2.05) is 0 Å². The average Bonchev–Trinajstić information content (AvgIpc) is 2.37. The van der Waals surface area contributed by atoms with Gasteiger partial charge in [-0.15, -0.1) is 24.9 Å². The lowest BCUT2D eigenvalue weighted by Gasteiger charge is -2.19. The van der Waals surface area contributed by atoms with Crippen LogP contribution in [0.25, 0.3) is 0 Å². The third-order valence-corrected chi connectivity index (χ3v) is 4.28. The number of nitrogens with zero attached hydrogens (tertiary/aromatic N) is 1. The zero-order valence-corrected chi connectivity index (χ0v) is 12.8. The van der Waals surface area contributed by atoms with E-state index >= 15 is 0 Å². The molecule has 0 aromatic heterocycles.